The summed E-state index contributed by atoms with van der Waals surface area (Å²) in [4.78, 5) is 0. The molecule has 2 nitrogen and oxygen atoms in total. The molecular weight excluding hydrogens is 143 g/mol. The molecule has 58 valence electrons. The third-order valence-electron chi connectivity index (χ3n) is 1.06. The molecule has 0 radical (unpaired) electrons. The van der Waals surface area contributed by atoms with Crippen molar-refractivity contribution in [3.8, 4) is 0 Å². The van der Waals surface area contributed by atoms with Crippen molar-refractivity contribution >= 4 is 9.39 Å². The molecule has 0 aliphatic rings. The van der Waals surface area contributed by atoms with Gasteiger partial charge in [0.2, 0.25) is 0 Å². The van der Waals surface area contributed by atoms with Crippen LogP contribution in [-0.2, 0) is 0 Å². The van der Waals surface area contributed by atoms with Crippen molar-refractivity contribution in [2.24, 2.45) is 0 Å². The molecule has 0 fully saturated rings. The number of nitrogens with one attached hydrogen (secondary N) is 2. The van der Waals surface area contributed by atoms with E-state index in [9.17, 15) is 0 Å². The highest BCUT2D eigenvalue weighted by Gasteiger charge is 1.89. The molecule has 0 aliphatic carbocycles. The van der Waals surface area contributed by atoms with Crippen molar-refractivity contribution in [3.05, 3.63) is 24.8 Å². The van der Waals surface area contributed by atoms with Crippen LogP contribution in [0.25, 0.3) is 0 Å². The van der Waals surface area contributed by atoms with Crippen LogP contribution in [0.1, 0.15) is 6.92 Å². The zero-order valence-electron chi connectivity index (χ0n) is 6.30. The molecule has 2 unspecified atom stereocenters. The second-order valence-corrected chi connectivity index (χ2v) is 2.40. The molecule has 0 saturated carbocycles. The first kappa shape index (κ1) is 9.83. The Morgan fingerprint density at radius 2 is 2.40 bits per heavy atom. The first-order valence-corrected chi connectivity index (χ1v) is 3.85. The van der Waals surface area contributed by atoms with Crippen LogP contribution in [0.4, 0.5) is 0 Å². The Balaban J connectivity index is 3.32. The van der Waals surface area contributed by atoms with Gasteiger partial charge in [0.25, 0.3) is 0 Å². The monoisotopic (exact) mass is 158 g/mol. The Labute approximate surface area is 65.0 Å². The summed E-state index contributed by atoms with van der Waals surface area (Å²) in [6.07, 6.45) is 5.75. The van der Waals surface area contributed by atoms with Crippen molar-refractivity contribution in [2.75, 3.05) is 6.67 Å². The SMILES string of the molecule is C=C/C=C\C(C)NCNP. The first-order chi connectivity index (χ1) is 4.81. The van der Waals surface area contributed by atoms with Crippen molar-refractivity contribution in [3.63, 3.8) is 0 Å². The quantitative estimate of drug-likeness (QED) is 0.355. The molecule has 0 amide bonds. The van der Waals surface area contributed by atoms with E-state index in [2.05, 4.69) is 39.4 Å². The molecule has 0 aromatic carbocycles. The normalized spacial score (nSPS) is 13.8. The van der Waals surface area contributed by atoms with Crippen molar-refractivity contribution in [1.29, 1.82) is 0 Å². The number of hydrogen-bond acceptors (Lipinski definition) is 2. The van der Waals surface area contributed by atoms with Gasteiger partial charge in [0, 0.05) is 12.7 Å². The minimum atomic E-state index is 0.394. The van der Waals surface area contributed by atoms with E-state index >= 15 is 0 Å². The van der Waals surface area contributed by atoms with E-state index in [4.69, 9.17) is 0 Å². The minimum Gasteiger partial charge on any atom is -0.298 e. The topological polar surface area (TPSA) is 24.1 Å². The highest BCUT2D eigenvalue weighted by atomic mass is 31.0. The summed E-state index contributed by atoms with van der Waals surface area (Å²) in [5, 5.41) is 6.12. The summed E-state index contributed by atoms with van der Waals surface area (Å²) in [5.41, 5.74) is 0. The number of hydrogen-bond donors (Lipinski definition) is 2. The van der Waals surface area contributed by atoms with E-state index < -0.39 is 0 Å². The summed E-state index contributed by atoms with van der Waals surface area (Å²) >= 11 is 0. The van der Waals surface area contributed by atoms with Crippen LogP contribution in [-0.4, -0.2) is 12.7 Å². The standard InChI is InChI=1S/C7H15N2P/c1-3-4-5-7(2)8-6-9-10/h3-5,7-9H,1,6,10H2,2H3/b5-4-. The van der Waals surface area contributed by atoms with E-state index in [1.807, 2.05) is 6.08 Å². The van der Waals surface area contributed by atoms with Gasteiger partial charge in [-0.3, -0.25) is 10.4 Å². The van der Waals surface area contributed by atoms with Gasteiger partial charge in [0.1, 0.15) is 0 Å². The maximum Gasteiger partial charge on any atom is 0.0488 e. The summed E-state index contributed by atoms with van der Waals surface area (Å²) in [6.45, 7) is 6.46. The molecule has 3 heteroatoms. The lowest BCUT2D eigenvalue weighted by Gasteiger charge is -2.06. The largest absolute Gasteiger partial charge is 0.298 e. The van der Waals surface area contributed by atoms with Crippen LogP contribution in [0.5, 0.6) is 0 Å². The highest BCUT2D eigenvalue weighted by molar-refractivity contribution is 7.13. The molecule has 2 N–H and O–H groups in total. The predicted molar refractivity (Wildman–Crippen MR) is 49.6 cm³/mol. The van der Waals surface area contributed by atoms with E-state index in [1.54, 1.807) is 6.08 Å². The maximum atomic E-state index is 3.58. The molecule has 0 aliphatic heterocycles. The fraction of sp³-hybridized carbons (Fsp3) is 0.429. The average Bonchev–Trinajstić information content (AvgIpc) is 1.97. The lowest BCUT2D eigenvalue weighted by atomic mass is 10.3. The Hall–Kier alpha value is -0.170. The van der Waals surface area contributed by atoms with Crippen LogP contribution in [0.2, 0.25) is 0 Å². The molecule has 0 rings (SSSR count). The van der Waals surface area contributed by atoms with E-state index in [1.165, 1.54) is 0 Å². The fourth-order valence-corrected chi connectivity index (χ4v) is 0.651. The zero-order valence-corrected chi connectivity index (χ0v) is 7.46. The van der Waals surface area contributed by atoms with Crippen molar-refractivity contribution in [1.82, 2.24) is 10.4 Å². The van der Waals surface area contributed by atoms with E-state index in [0.29, 0.717) is 6.04 Å². The van der Waals surface area contributed by atoms with Gasteiger partial charge in [0.15, 0.2) is 0 Å². The molecule has 0 heterocycles. The van der Waals surface area contributed by atoms with Crippen LogP contribution in [0.15, 0.2) is 24.8 Å². The Kier molecular flexibility index (Phi) is 6.83. The van der Waals surface area contributed by atoms with Gasteiger partial charge in [0.05, 0.1) is 0 Å². The Morgan fingerprint density at radius 1 is 1.70 bits per heavy atom. The van der Waals surface area contributed by atoms with Gasteiger partial charge in [-0.25, -0.2) is 0 Å². The van der Waals surface area contributed by atoms with Gasteiger partial charge >= 0.3 is 0 Å². The third-order valence-corrected chi connectivity index (χ3v) is 1.27. The summed E-state index contributed by atoms with van der Waals surface area (Å²) in [7, 11) is 2.44. The van der Waals surface area contributed by atoms with Gasteiger partial charge in [-0.05, 0) is 6.92 Å². The second kappa shape index (κ2) is 6.94. The van der Waals surface area contributed by atoms with Crippen LogP contribution < -0.4 is 10.4 Å². The molecule has 2 atom stereocenters. The van der Waals surface area contributed by atoms with Gasteiger partial charge in [-0.2, -0.15) is 0 Å². The smallest absolute Gasteiger partial charge is 0.0488 e. The van der Waals surface area contributed by atoms with Gasteiger partial charge in [-0.1, -0.05) is 34.2 Å². The zero-order chi connectivity index (χ0) is 7.82. The summed E-state index contributed by atoms with van der Waals surface area (Å²) in [5.74, 6) is 0. The van der Waals surface area contributed by atoms with Gasteiger partial charge < -0.3 is 0 Å². The first-order valence-electron chi connectivity index (χ1n) is 3.27. The molecule has 0 spiro atoms. The van der Waals surface area contributed by atoms with Gasteiger partial charge in [-0.15, -0.1) is 0 Å². The lowest BCUT2D eigenvalue weighted by molar-refractivity contribution is 0.628. The predicted octanol–water partition coefficient (Wildman–Crippen LogP) is 1.04. The van der Waals surface area contributed by atoms with Crippen LogP contribution in [0, 0.1) is 0 Å². The second-order valence-electron chi connectivity index (χ2n) is 1.99. The molecule has 0 bridgehead atoms. The van der Waals surface area contributed by atoms with Crippen LogP contribution in [0.3, 0.4) is 0 Å². The molecular formula is C7H15N2P. The molecule has 0 saturated heterocycles. The van der Waals surface area contributed by atoms with E-state index in [-0.39, 0.29) is 0 Å². The van der Waals surface area contributed by atoms with Crippen molar-refractivity contribution in [2.45, 2.75) is 13.0 Å². The summed E-state index contributed by atoms with van der Waals surface area (Å²) in [6, 6.07) is 0.394. The molecule has 0 aromatic heterocycles. The third kappa shape index (κ3) is 5.96. The highest BCUT2D eigenvalue weighted by Crippen LogP contribution is 1.83. The molecule has 0 aromatic rings. The number of allylic oxidation sites excluding steroid dienone is 2. The lowest BCUT2D eigenvalue weighted by Crippen LogP contribution is -2.29. The maximum absolute atomic E-state index is 3.58. The minimum absolute atomic E-state index is 0.394. The van der Waals surface area contributed by atoms with E-state index in [0.717, 1.165) is 6.67 Å². The average molecular weight is 158 g/mol. The fourth-order valence-electron chi connectivity index (χ4n) is 0.533. The Bertz CT molecular complexity index is 112. The van der Waals surface area contributed by atoms with Crippen molar-refractivity contribution < 1.29 is 0 Å². The summed E-state index contributed by atoms with van der Waals surface area (Å²) < 4.78 is 0. The van der Waals surface area contributed by atoms with Crippen LogP contribution >= 0.6 is 9.39 Å². The number of rotatable bonds is 5. The molecule has 10 heavy (non-hydrogen) atoms. The Morgan fingerprint density at radius 3 is 2.90 bits per heavy atom.